The fourth-order valence-corrected chi connectivity index (χ4v) is 4.60. The van der Waals surface area contributed by atoms with E-state index in [4.69, 9.17) is 12.2 Å². The molecule has 24 heavy (non-hydrogen) atoms. The Morgan fingerprint density at radius 1 is 1.12 bits per heavy atom. The summed E-state index contributed by atoms with van der Waals surface area (Å²) in [5.41, 5.74) is 3.47. The topological polar surface area (TPSA) is 65.6 Å². The summed E-state index contributed by atoms with van der Waals surface area (Å²) in [5, 5.41) is 15.2. The van der Waals surface area contributed by atoms with Crippen molar-refractivity contribution in [3.05, 3.63) is 47.1 Å². The summed E-state index contributed by atoms with van der Waals surface area (Å²) in [6.07, 6.45) is 6.23. The molecule has 0 unspecified atom stereocenters. The second-order valence-corrected chi connectivity index (χ2v) is 7.21. The quantitative estimate of drug-likeness (QED) is 0.614. The average Bonchev–Trinajstić information content (AvgIpc) is 3.22. The van der Waals surface area contributed by atoms with Gasteiger partial charge in [0.15, 0.2) is 10.9 Å². The number of fused-ring (bicyclic) bond motifs is 1. The van der Waals surface area contributed by atoms with E-state index in [1.54, 1.807) is 17.7 Å². The first-order valence-corrected chi connectivity index (χ1v) is 9.17. The van der Waals surface area contributed by atoms with Gasteiger partial charge in [-0.15, -0.1) is 11.3 Å². The lowest BCUT2D eigenvalue weighted by Gasteiger charge is -2.12. The van der Waals surface area contributed by atoms with Crippen LogP contribution in [0.25, 0.3) is 11.4 Å². The van der Waals surface area contributed by atoms with E-state index in [-0.39, 0.29) is 0 Å². The van der Waals surface area contributed by atoms with Gasteiger partial charge in [0.05, 0.1) is 5.56 Å². The van der Waals surface area contributed by atoms with Crippen LogP contribution in [0.2, 0.25) is 0 Å². The molecule has 2 heterocycles. The Bertz CT molecular complexity index is 840. The number of aromatic amines is 1. The molecule has 0 spiro atoms. The minimum absolute atomic E-state index is 0.584. The van der Waals surface area contributed by atoms with Gasteiger partial charge in [-0.2, -0.15) is 5.10 Å². The summed E-state index contributed by atoms with van der Waals surface area (Å²) in [6.45, 7) is 0. The summed E-state index contributed by atoms with van der Waals surface area (Å²) >= 11 is 7.26. The number of thiocarbonyl (C=S) groups is 1. The fraction of sp³-hybridized carbons (Fsp3) is 0.235. The number of hydrogen-bond acceptors (Lipinski definition) is 4. The monoisotopic (exact) mass is 355 g/mol. The fourth-order valence-electron chi connectivity index (χ4n) is 3.02. The van der Waals surface area contributed by atoms with E-state index < -0.39 is 0 Å². The van der Waals surface area contributed by atoms with Gasteiger partial charge in [-0.3, -0.25) is 5.10 Å². The summed E-state index contributed by atoms with van der Waals surface area (Å²) in [4.78, 5) is 5.78. The molecule has 0 atom stereocenters. The maximum Gasteiger partial charge on any atom is 0.175 e. The molecule has 0 radical (unpaired) electrons. The summed E-state index contributed by atoms with van der Waals surface area (Å²) in [7, 11) is 0. The van der Waals surface area contributed by atoms with Crippen LogP contribution in [0.4, 0.5) is 10.7 Å². The zero-order valence-corrected chi connectivity index (χ0v) is 14.6. The molecular weight excluding hydrogens is 338 g/mol. The van der Waals surface area contributed by atoms with Gasteiger partial charge >= 0.3 is 0 Å². The summed E-state index contributed by atoms with van der Waals surface area (Å²) in [5.74, 6) is 0.805. The first kappa shape index (κ1) is 15.3. The number of hydrogen-bond donors (Lipinski definition) is 3. The predicted molar refractivity (Wildman–Crippen MR) is 103 cm³/mol. The van der Waals surface area contributed by atoms with Gasteiger partial charge in [-0.25, -0.2) is 4.98 Å². The minimum Gasteiger partial charge on any atom is -0.332 e. The molecule has 1 aliphatic carbocycles. The Morgan fingerprint density at radius 3 is 2.75 bits per heavy atom. The molecule has 1 aliphatic rings. The van der Waals surface area contributed by atoms with Crippen molar-refractivity contribution in [3.8, 4) is 11.4 Å². The van der Waals surface area contributed by atoms with Crippen LogP contribution in [-0.2, 0) is 12.8 Å². The Labute approximate surface area is 149 Å². The Hall–Kier alpha value is -2.25. The largest absolute Gasteiger partial charge is 0.332 e. The molecule has 0 bridgehead atoms. The van der Waals surface area contributed by atoms with Crippen molar-refractivity contribution in [2.75, 3.05) is 10.6 Å². The predicted octanol–water partition coefficient (Wildman–Crippen LogP) is 4.22. The first-order chi connectivity index (χ1) is 11.8. The van der Waals surface area contributed by atoms with Gasteiger partial charge in [-0.1, -0.05) is 18.2 Å². The van der Waals surface area contributed by atoms with Gasteiger partial charge in [-0.05, 0) is 55.6 Å². The third-order valence-corrected chi connectivity index (χ3v) is 5.49. The van der Waals surface area contributed by atoms with Crippen LogP contribution in [0.5, 0.6) is 0 Å². The lowest BCUT2D eigenvalue weighted by atomic mass is 9.95. The number of H-pyrrole nitrogens is 1. The number of anilines is 2. The number of nitrogens with one attached hydrogen (secondary N) is 3. The molecule has 0 saturated carbocycles. The highest BCUT2D eigenvalue weighted by Gasteiger charge is 2.23. The number of rotatable bonds is 3. The highest BCUT2D eigenvalue weighted by Crippen LogP contribution is 2.42. The molecule has 3 aromatic rings. The van der Waals surface area contributed by atoms with E-state index in [2.05, 4.69) is 25.8 Å². The molecule has 2 aromatic heterocycles. The normalized spacial score (nSPS) is 13.3. The van der Waals surface area contributed by atoms with Crippen LogP contribution in [-0.4, -0.2) is 20.3 Å². The molecular formula is C17H17N5S2. The van der Waals surface area contributed by atoms with Crippen LogP contribution < -0.4 is 10.6 Å². The van der Waals surface area contributed by atoms with Crippen molar-refractivity contribution in [1.29, 1.82) is 0 Å². The van der Waals surface area contributed by atoms with Crippen LogP contribution in [0.3, 0.4) is 0 Å². The van der Waals surface area contributed by atoms with Crippen molar-refractivity contribution >= 4 is 39.4 Å². The van der Waals surface area contributed by atoms with Crippen LogP contribution in [0.15, 0.2) is 36.7 Å². The highest BCUT2D eigenvalue weighted by atomic mass is 32.1. The van der Waals surface area contributed by atoms with Crippen LogP contribution in [0.1, 0.15) is 23.3 Å². The number of nitrogens with zero attached hydrogens (tertiary/aromatic N) is 2. The summed E-state index contributed by atoms with van der Waals surface area (Å²) in [6, 6.07) is 9.93. The number of aromatic nitrogens is 3. The molecule has 0 saturated heterocycles. The highest BCUT2D eigenvalue weighted by molar-refractivity contribution is 7.80. The van der Waals surface area contributed by atoms with Gasteiger partial charge in [0.25, 0.3) is 0 Å². The molecule has 1 aromatic carbocycles. The molecule has 0 amide bonds. The number of thiophene rings is 1. The van der Waals surface area contributed by atoms with Gasteiger partial charge < -0.3 is 10.6 Å². The number of benzene rings is 1. The SMILES string of the molecule is S=C(Nc1ccccc1)Nc1sc2c(c1-c1ncn[nH]1)CCCC2. The maximum atomic E-state index is 5.49. The Balaban J connectivity index is 1.63. The molecule has 122 valence electrons. The van der Waals surface area contributed by atoms with E-state index >= 15 is 0 Å². The van der Waals surface area contributed by atoms with Gasteiger partial charge in [0.1, 0.15) is 11.3 Å². The van der Waals surface area contributed by atoms with Gasteiger partial charge in [0.2, 0.25) is 0 Å². The van der Waals surface area contributed by atoms with Crippen molar-refractivity contribution < 1.29 is 0 Å². The second-order valence-electron chi connectivity index (χ2n) is 5.69. The Kier molecular flexibility index (Phi) is 4.27. The van der Waals surface area contributed by atoms with E-state index in [0.717, 1.165) is 34.9 Å². The van der Waals surface area contributed by atoms with E-state index in [1.807, 2.05) is 30.3 Å². The molecule has 5 nitrogen and oxygen atoms in total. The average molecular weight is 355 g/mol. The molecule has 3 N–H and O–H groups in total. The minimum atomic E-state index is 0.584. The second kappa shape index (κ2) is 6.70. The standard InChI is InChI=1S/C17H17N5S2/c23-17(20-11-6-2-1-3-7-11)21-16-14(15-18-10-19-22-15)12-8-4-5-9-13(12)24-16/h1-3,6-7,10H,4-5,8-9H2,(H,18,19,22)(H2,20,21,23). The molecule has 4 rings (SSSR count). The third kappa shape index (κ3) is 3.05. The smallest absolute Gasteiger partial charge is 0.175 e. The van der Waals surface area contributed by atoms with Crippen LogP contribution in [0, 0.1) is 0 Å². The van der Waals surface area contributed by atoms with Gasteiger partial charge in [0, 0.05) is 10.6 Å². The number of para-hydroxylation sites is 1. The zero-order chi connectivity index (χ0) is 16.4. The number of aryl methyl sites for hydroxylation is 1. The Morgan fingerprint density at radius 2 is 1.96 bits per heavy atom. The van der Waals surface area contributed by atoms with E-state index in [0.29, 0.717) is 5.11 Å². The molecule has 7 heteroatoms. The lowest BCUT2D eigenvalue weighted by Crippen LogP contribution is -2.18. The van der Waals surface area contributed by atoms with Crippen molar-refractivity contribution in [1.82, 2.24) is 15.2 Å². The van der Waals surface area contributed by atoms with E-state index in [1.165, 1.54) is 23.3 Å². The summed E-state index contributed by atoms with van der Waals surface area (Å²) < 4.78 is 0. The van der Waals surface area contributed by atoms with Crippen molar-refractivity contribution in [2.24, 2.45) is 0 Å². The van der Waals surface area contributed by atoms with Crippen molar-refractivity contribution in [3.63, 3.8) is 0 Å². The first-order valence-electron chi connectivity index (χ1n) is 7.94. The van der Waals surface area contributed by atoms with E-state index in [9.17, 15) is 0 Å². The molecule has 0 fully saturated rings. The lowest BCUT2D eigenvalue weighted by molar-refractivity contribution is 0.697. The third-order valence-electron chi connectivity index (χ3n) is 4.08. The zero-order valence-electron chi connectivity index (χ0n) is 13.0. The van der Waals surface area contributed by atoms with Crippen LogP contribution >= 0.6 is 23.6 Å². The molecule has 0 aliphatic heterocycles. The van der Waals surface area contributed by atoms with Crippen molar-refractivity contribution in [2.45, 2.75) is 25.7 Å². The maximum absolute atomic E-state index is 5.49.